The summed E-state index contributed by atoms with van der Waals surface area (Å²) in [6.45, 7) is 6.65. The van der Waals surface area contributed by atoms with Crippen molar-refractivity contribution >= 4 is 23.2 Å². The quantitative estimate of drug-likeness (QED) is 0.604. The molecular formula is C24H27N3O2S. The van der Waals surface area contributed by atoms with Gasteiger partial charge in [0, 0.05) is 17.4 Å². The molecule has 2 N–H and O–H groups in total. The largest absolute Gasteiger partial charge is 0.349 e. The molecule has 5 nitrogen and oxygen atoms in total. The van der Waals surface area contributed by atoms with Crippen LogP contribution in [0.15, 0.2) is 60.0 Å². The van der Waals surface area contributed by atoms with Gasteiger partial charge in [-0.15, -0.1) is 11.3 Å². The molecule has 0 aliphatic rings. The van der Waals surface area contributed by atoms with Gasteiger partial charge in [0.25, 0.3) is 5.91 Å². The van der Waals surface area contributed by atoms with Crippen LogP contribution in [0.1, 0.15) is 53.0 Å². The van der Waals surface area contributed by atoms with E-state index in [0.29, 0.717) is 12.1 Å². The van der Waals surface area contributed by atoms with Gasteiger partial charge in [-0.1, -0.05) is 63.2 Å². The first-order chi connectivity index (χ1) is 14.3. The van der Waals surface area contributed by atoms with Gasteiger partial charge in [0.05, 0.1) is 23.8 Å². The summed E-state index contributed by atoms with van der Waals surface area (Å²) in [5.41, 5.74) is 3.77. The summed E-state index contributed by atoms with van der Waals surface area (Å²) >= 11 is 1.58. The van der Waals surface area contributed by atoms with E-state index >= 15 is 0 Å². The molecule has 3 rings (SSSR count). The molecule has 1 heterocycles. The normalized spacial score (nSPS) is 11.2. The lowest BCUT2D eigenvalue weighted by Gasteiger charge is -2.19. The highest BCUT2D eigenvalue weighted by Crippen LogP contribution is 2.22. The van der Waals surface area contributed by atoms with E-state index < -0.39 is 0 Å². The maximum absolute atomic E-state index is 12.3. The van der Waals surface area contributed by atoms with E-state index in [-0.39, 0.29) is 23.8 Å². The Kier molecular flexibility index (Phi) is 7.00. The van der Waals surface area contributed by atoms with E-state index in [1.54, 1.807) is 23.5 Å². The Morgan fingerprint density at radius 2 is 1.67 bits per heavy atom. The molecule has 0 unspecified atom stereocenters. The van der Waals surface area contributed by atoms with Crippen molar-refractivity contribution in [2.45, 2.75) is 39.2 Å². The number of rotatable bonds is 7. The minimum absolute atomic E-state index is 0.0333. The van der Waals surface area contributed by atoms with Crippen LogP contribution in [0.2, 0.25) is 0 Å². The van der Waals surface area contributed by atoms with Crippen molar-refractivity contribution in [2.24, 2.45) is 0 Å². The third kappa shape index (κ3) is 6.26. The lowest BCUT2D eigenvalue weighted by atomic mass is 9.87. The van der Waals surface area contributed by atoms with Crippen molar-refractivity contribution in [1.82, 2.24) is 15.6 Å². The fourth-order valence-electron chi connectivity index (χ4n) is 2.92. The molecule has 1 aromatic heterocycles. The Bertz CT molecular complexity index is 989. The topological polar surface area (TPSA) is 71.1 Å². The van der Waals surface area contributed by atoms with E-state index in [1.807, 2.05) is 35.7 Å². The molecule has 0 saturated carbocycles. The van der Waals surface area contributed by atoms with E-state index in [0.717, 1.165) is 22.7 Å². The van der Waals surface area contributed by atoms with E-state index in [4.69, 9.17) is 0 Å². The number of nitrogens with one attached hydrogen (secondary N) is 2. The van der Waals surface area contributed by atoms with Crippen LogP contribution in [0.4, 0.5) is 0 Å². The Morgan fingerprint density at radius 1 is 0.967 bits per heavy atom. The average Bonchev–Trinajstić information content (AvgIpc) is 3.18. The first-order valence-corrected chi connectivity index (χ1v) is 10.8. The number of hydrogen-bond donors (Lipinski definition) is 2. The average molecular weight is 422 g/mol. The van der Waals surface area contributed by atoms with Gasteiger partial charge in [0.1, 0.15) is 0 Å². The maximum atomic E-state index is 12.3. The molecule has 2 amide bonds. The van der Waals surface area contributed by atoms with Crippen LogP contribution in [0.5, 0.6) is 0 Å². The number of carbonyl (C=O) groups is 2. The number of aromatic nitrogens is 1. The number of carbonyl (C=O) groups excluding carboxylic acids is 2. The molecule has 2 aromatic carbocycles. The smallest absolute Gasteiger partial charge is 0.251 e. The van der Waals surface area contributed by atoms with Crippen molar-refractivity contribution in [3.05, 3.63) is 87.4 Å². The van der Waals surface area contributed by atoms with Crippen molar-refractivity contribution in [3.8, 4) is 0 Å². The van der Waals surface area contributed by atoms with Gasteiger partial charge < -0.3 is 10.6 Å². The van der Waals surface area contributed by atoms with Gasteiger partial charge in [-0.05, 0) is 28.7 Å². The van der Waals surface area contributed by atoms with Crippen molar-refractivity contribution in [1.29, 1.82) is 0 Å². The Morgan fingerprint density at radius 3 is 2.33 bits per heavy atom. The predicted octanol–water partition coefficient (Wildman–Crippen LogP) is 4.08. The predicted molar refractivity (Wildman–Crippen MR) is 121 cm³/mol. The number of amides is 2. The minimum Gasteiger partial charge on any atom is -0.349 e. The minimum atomic E-state index is -0.260. The maximum Gasteiger partial charge on any atom is 0.251 e. The van der Waals surface area contributed by atoms with Crippen LogP contribution in [0.3, 0.4) is 0 Å². The van der Waals surface area contributed by atoms with Gasteiger partial charge in [0.2, 0.25) is 5.91 Å². The van der Waals surface area contributed by atoms with Gasteiger partial charge >= 0.3 is 0 Å². The molecular weight excluding hydrogens is 394 g/mol. The third-order valence-electron chi connectivity index (χ3n) is 4.69. The summed E-state index contributed by atoms with van der Waals surface area (Å²) in [6.07, 6.45) is 0.781. The fraction of sp³-hybridized carbons (Fsp3) is 0.292. The van der Waals surface area contributed by atoms with Crippen molar-refractivity contribution < 1.29 is 9.59 Å². The summed E-state index contributed by atoms with van der Waals surface area (Å²) in [4.78, 5) is 28.9. The molecule has 0 bridgehead atoms. The van der Waals surface area contributed by atoms with Crippen LogP contribution in [0, 0.1) is 0 Å². The molecule has 0 fully saturated rings. The standard InChI is InChI=1S/C24H27N3O2S/c1-24(2,3)19-11-9-18(10-12-19)23(29)26-15-21(28)25-14-20-16-30-22(27-20)13-17-7-5-4-6-8-17/h4-12,16H,13-15H2,1-3H3,(H,25,28)(H,26,29). The summed E-state index contributed by atoms with van der Waals surface area (Å²) in [5.74, 6) is -0.503. The fourth-order valence-corrected chi connectivity index (χ4v) is 3.75. The van der Waals surface area contributed by atoms with Crippen molar-refractivity contribution in [3.63, 3.8) is 0 Å². The van der Waals surface area contributed by atoms with Crippen molar-refractivity contribution in [2.75, 3.05) is 6.54 Å². The first kappa shape index (κ1) is 21.7. The van der Waals surface area contributed by atoms with Gasteiger partial charge in [0.15, 0.2) is 0 Å². The molecule has 0 atom stereocenters. The molecule has 0 saturated heterocycles. The van der Waals surface area contributed by atoms with Gasteiger partial charge in [-0.2, -0.15) is 0 Å². The SMILES string of the molecule is CC(C)(C)c1ccc(C(=O)NCC(=O)NCc2csc(Cc3ccccc3)n2)cc1. The summed E-state index contributed by atoms with van der Waals surface area (Å²) in [7, 11) is 0. The highest BCUT2D eigenvalue weighted by molar-refractivity contribution is 7.09. The number of hydrogen-bond acceptors (Lipinski definition) is 4. The zero-order valence-electron chi connectivity index (χ0n) is 17.6. The second-order valence-corrected chi connectivity index (χ2v) is 9.12. The Labute approximate surface area is 181 Å². The van der Waals surface area contributed by atoms with Crippen LogP contribution in [0.25, 0.3) is 0 Å². The Balaban J connectivity index is 1.43. The third-order valence-corrected chi connectivity index (χ3v) is 5.58. The molecule has 0 aliphatic carbocycles. The van der Waals surface area contributed by atoms with E-state index in [9.17, 15) is 9.59 Å². The molecule has 0 spiro atoms. The molecule has 3 aromatic rings. The molecule has 156 valence electrons. The summed E-state index contributed by atoms with van der Waals surface area (Å²) in [6, 6.07) is 17.6. The van der Waals surface area contributed by atoms with Crippen LogP contribution in [-0.2, 0) is 23.2 Å². The van der Waals surface area contributed by atoms with E-state index in [1.165, 1.54) is 5.56 Å². The van der Waals surface area contributed by atoms with Crippen LogP contribution >= 0.6 is 11.3 Å². The second-order valence-electron chi connectivity index (χ2n) is 8.18. The highest BCUT2D eigenvalue weighted by Gasteiger charge is 2.14. The molecule has 0 aliphatic heterocycles. The Hall–Kier alpha value is -2.99. The summed E-state index contributed by atoms with van der Waals surface area (Å²) < 4.78 is 0. The molecule has 30 heavy (non-hydrogen) atoms. The number of nitrogens with zero attached hydrogens (tertiary/aromatic N) is 1. The second kappa shape index (κ2) is 9.67. The van der Waals surface area contributed by atoms with Gasteiger partial charge in [-0.25, -0.2) is 4.98 Å². The number of thiazole rings is 1. The zero-order valence-corrected chi connectivity index (χ0v) is 18.4. The molecule has 6 heteroatoms. The zero-order chi connectivity index (χ0) is 21.6. The molecule has 0 radical (unpaired) electrons. The van der Waals surface area contributed by atoms with Crippen LogP contribution < -0.4 is 10.6 Å². The van der Waals surface area contributed by atoms with E-state index in [2.05, 4.69) is 48.5 Å². The number of benzene rings is 2. The monoisotopic (exact) mass is 421 g/mol. The lowest BCUT2D eigenvalue weighted by Crippen LogP contribution is -2.36. The van der Waals surface area contributed by atoms with Gasteiger partial charge in [-0.3, -0.25) is 9.59 Å². The lowest BCUT2D eigenvalue weighted by molar-refractivity contribution is -0.120. The van der Waals surface area contributed by atoms with Crippen LogP contribution in [-0.4, -0.2) is 23.3 Å². The summed E-state index contributed by atoms with van der Waals surface area (Å²) in [5, 5.41) is 8.43. The first-order valence-electron chi connectivity index (χ1n) is 9.94. The highest BCUT2D eigenvalue weighted by atomic mass is 32.1.